The largest absolute Gasteiger partial charge is 0.488 e. The molecule has 3 rings (SSSR count). The molecule has 1 saturated heterocycles. The zero-order chi connectivity index (χ0) is 19.2. The average molecular weight is 391 g/mol. The smallest absolute Gasteiger partial charge is 0.255 e. The molecule has 0 unspecified atom stereocenters. The number of aliphatic hydroxyl groups excluding tert-OH is 1. The third kappa shape index (κ3) is 5.85. The van der Waals surface area contributed by atoms with Gasteiger partial charge in [-0.1, -0.05) is 23.7 Å². The zero-order valence-corrected chi connectivity index (χ0v) is 15.6. The summed E-state index contributed by atoms with van der Waals surface area (Å²) in [6.45, 7) is 1.96. The molecular formula is C20H23ClN2O4. The minimum Gasteiger partial charge on any atom is -0.488 e. The van der Waals surface area contributed by atoms with Crippen molar-refractivity contribution in [1.29, 1.82) is 0 Å². The highest BCUT2D eigenvalue weighted by molar-refractivity contribution is 6.30. The summed E-state index contributed by atoms with van der Waals surface area (Å²) in [5, 5.41) is 11.1. The Balaban J connectivity index is 1.49. The Morgan fingerprint density at radius 3 is 2.44 bits per heavy atom. The number of ether oxygens (including phenoxy) is 2. The number of benzene rings is 2. The minimum atomic E-state index is -0.562. The summed E-state index contributed by atoms with van der Waals surface area (Å²) >= 11 is 5.88. The maximum absolute atomic E-state index is 10.7. The van der Waals surface area contributed by atoms with Crippen molar-refractivity contribution in [3.8, 4) is 11.5 Å². The Labute approximate surface area is 163 Å². The Morgan fingerprint density at radius 2 is 1.81 bits per heavy atom. The van der Waals surface area contributed by atoms with Crippen LogP contribution in [-0.2, 0) is 11.3 Å². The van der Waals surface area contributed by atoms with Gasteiger partial charge in [-0.15, -0.1) is 0 Å². The van der Waals surface area contributed by atoms with Crippen molar-refractivity contribution >= 4 is 17.5 Å². The number of rotatable bonds is 7. The van der Waals surface area contributed by atoms with Crippen LogP contribution in [0.3, 0.4) is 0 Å². The molecule has 0 aliphatic carbocycles. The fourth-order valence-corrected chi connectivity index (χ4v) is 3.17. The van der Waals surface area contributed by atoms with Gasteiger partial charge in [-0.05, 0) is 48.4 Å². The molecule has 0 aromatic heterocycles. The standard InChI is InChI=1S/C20H23ClN2O4/c21-15-3-7-17(8-4-15)27-19-9-10-23(12-18(19)24)11-14-1-5-16(6-2-14)26-13-20(22)25/h1-8,18-19,24H,9-13H2,(H2,22,25)/t18-,19-/m1/s1. The van der Waals surface area contributed by atoms with E-state index in [9.17, 15) is 9.90 Å². The van der Waals surface area contributed by atoms with Gasteiger partial charge < -0.3 is 20.3 Å². The molecule has 0 saturated carbocycles. The number of aliphatic hydroxyl groups is 1. The Morgan fingerprint density at radius 1 is 1.15 bits per heavy atom. The van der Waals surface area contributed by atoms with E-state index in [2.05, 4.69) is 4.90 Å². The number of carbonyl (C=O) groups excluding carboxylic acids is 1. The molecule has 1 amide bonds. The van der Waals surface area contributed by atoms with E-state index in [0.717, 1.165) is 25.1 Å². The molecule has 144 valence electrons. The molecule has 0 radical (unpaired) electrons. The Bertz CT molecular complexity index is 752. The summed E-state index contributed by atoms with van der Waals surface area (Å²) in [6, 6.07) is 14.7. The molecule has 7 heteroatoms. The quantitative estimate of drug-likeness (QED) is 0.757. The Kier molecular flexibility index (Phi) is 6.55. The number of β-amino-alcohol motifs (C(OH)–C–C–N with tert-alkyl or cyclic N) is 1. The fourth-order valence-electron chi connectivity index (χ4n) is 3.05. The first-order chi connectivity index (χ1) is 13.0. The van der Waals surface area contributed by atoms with Gasteiger partial charge in [0.2, 0.25) is 0 Å². The minimum absolute atomic E-state index is 0.132. The van der Waals surface area contributed by atoms with E-state index < -0.39 is 12.0 Å². The van der Waals surface area contributed by atoms with E-state index in [-0.39, 0.29) is 12.7 Å². The molecule has 0 spiro atoms. The predicted molar refractivity (Wildman–Crippen MR) is 103 cm³/mol. The van der Waals surface area contributed by atoms with Crippen molar-refractivity contribution in [2.75, 3.05) is 19.7 Å². The fraction of sp³-hybridized carbons (Fsp3) is 0.350. The topological polar surface area (TPSA) is 85.0 Å². The first-order valence-corrected chi connectivity index (χ1v) is 9.20. The number of hydrogen-bond donors (Lipinski definition) is 2. The van der Waals surface area contributed by atoms with Crippen LogP contribution < -0.4 is 15.2 Å². The summed E-state index contributed by atoms with van der Waals surface area (Å²) in [5.74, 6) is 0.813. The van der Waals surface area contributed by atoms with Gasteiger partial charge in [0, 0.05) is 24.7 Å². The highest BCUT2D eigenvalue weighted by Gasteiger charge is 2.29. The van der Waals surface area contributed by atoms with Crippen LogP contribution in [0.25, 0.3) is 0 Å². The summed E-state index contributed by atoms with van der Waals surface area (Å²) in [4.78, 5) is 12.9. The monoisotopic (exact) mass is 390 g/mol. The number of hydrogen-bond acceptors (Lipinski definition) is 5. The van der Waals surface area contributed by atoms with Gasteiger partial charge in [-0.3, -0.25) is 9.69 Å². The molecule has 0 bridgehead atoms. The van der Waals surface area contributed by atoms with Gasteiger partial charge >= 0.3 is 0 Å². The number of nitrogens with two attached hydrogens (primary N) is 1. The molecule has 2 atom stereocenters. The van der Waals surface area contributed by atoms with Crippen LogP contribution in [0, 0.1) is 0 Å². The van der Waals surface area contributed by atoms with Crippen molar-refractivity contribution < 1.29 is 19.4 Å². The lowest BCUT2D eigenvalue weighted by molar-refractivity contribution is -0.119. The number of nitrogens with zero attached hydrogens (tertiary/aromatic N) is 1. The molecular weight excluding hydrogens is 368 g/mol. The number of primary amides is 1. The molecule has 1 heterocycles. The number of halogens is 1. The van der Waals surface area contributed by atoms with Gasteiger partial charge in [0.1, 0.15) is 23.7 Å². The van der Waals surface area contributed by atoms with Crippen LogP contribution in [0.1, 0.15) is 12.0 Å². The van der Waals surface area contributed by atoms with E-state index in [4.69, 9.17) is 26.8 Å². The van der Waals surface area contributed by atoms with Crippen molar-refractivity contribution in [2.45, 2.75) is 25.2 Å². The molecule has 27 heavy (non-hydrogen) atoms. The van der Waals surface area contributed by atoms with Crippen LogP contribution in [0.5, 0.6) is 11.5 Å². The SMILES string of the molecule is NC(=O)COc1ccc(CN2CC[C@@H](Oc3ccc(Cl)cc3)[C@H](O)C2)cc1. The number of amides is 1. The van der Waals surface area contributed by atoms with Crippen molar-refractivity contribution in [3.05, 3.63) is 59.1 Å². The van der Waals surface area contributed by atoms with Crippen LogP contribution in [0.15, 0.2) is 48.5 Å². The van der Waals surface area contributed by atoms with E-state index in [1.165, 1.54) is 0 Å². The highest BCUT2D eigenvalue weighted by atomic mass is 35.5. The maximum atomic E-state index is 10.7. The van der Waals surface area contributed by atoms with Gasteiger partial charge in [-0.2, -0.15) is 0 Å². The van der Waals surface area contributed by atoms with Gasteiger partial charge in [0.25, 0.3) is 5.91 Å². The molecule has 3 N–H and O–H groups in total. The summed E-state index contributed by atoms with van der Waals surface area (Å²) in [7, 11) is 0. The normalized spacial score (nSPS) is 20.2. The lowest BCUT2D eigenvalue weighted by atomic mass is 10.0. The van der Waals surface area contributed by atoms with E-state index >= 15 is 0 Å². The summed E-state index contributed by atoms with van der Waals surface area (Å²) in [6.07, 6.45) is -0.0524. The molecule has 2 aromatic rings. The van der Waals surface area contributed by atoms with E-state index in [1.54, 1.807) is 12.1 Å². The second kappa shape index (κ2) is 9.08. The van der Waals surface area contributed by atoms with Crippen LogP contribution in [0.2, 0.25) is 5.02 Å². The summed E-state index contributed by atoms with van der Waals surface area (Å²) < 4.78 is 11.1. The van der Waals surface area contributed by atoms with Gasteiger partial charge in [0.05, 0.1) is 0 Å². The van der Waals surface area contributed by atoms with E-state index in [1.807, 2.05) is 36.4 Å². The van der Waals surface area contributed by atoms with Crippen LogP contribution in [0.4, 0.5) is 0 Å². The lowest BCUT2D eigenvalue weighted by Crippen LogP contribution is -2.48. The first-order valence-electron chi connectivity index (χ1n) is 8.82. The molecule has 6 nitrogen and oxygen atoms in total. The van der Waals surface area contributed by atoms with Crippen molar-refractivity contribution in [3.63, 3.8) is 0 Å². The number of carbonyl (C=O) groups is 1. The third-order valence-electron chi connectivity index (χ3n) is 4.42. The van der Waals surface area contributed by atoms with Gasteiger partial charge in [-0.25, -0.2) is 0 Å². The second-order valence-electron chi connectivity index (χ2n) is 6.60. The van der Waals surface area contributed by atoms with Crippen LogP contribution >= 0.6 is 11.6 Å². The van der Waals surface area contributed by atoms with Crippen LogP contribution in [-0.4, -0.2) is 47.8 Å². The highest BCUT2D eigenvalue weighted by Crippen LogP contribution is 2.22. The molecule has 1 aliphatic rings. The third-order valence-corrected chi connectivity index (χ3v) is 4.67. The Hall–Kier alpha value is -2.28. The molecule has 1 fully saturated rings. The zero-order valence-electron chi connectivity index (χ0n) is 14.9. The number of likely N-dealkylation sites (tertiary alicyclic amines) is 1. The van der Waals surface area contributed by atoms with E-state index in [0.29, 0.717) is 23.1 Å². The average Bonchev–Trinajstić information content (AvgIpc) is 2.65. The lowest BCUT2D eigenvalue weighted by Gasteiger charge is -2.36. The second-order valence-corrected chi connectivity index (χ2v) is 7.04. The summed E-state index contributed by atoms with van der Waals surface area (Å²) in [5.41, 5.74) is 6.17. The molecule has 1 aliphatic heterocycles. The number of piperidine rings is 1. The first kappa shape index (κ1) is 19.5. The maximum Gasteiger partial charge on any atom is 0.255 e. The van der Waals surface area contributed by atoms with Gasteiger partial charge in [0.15, 0.2) is 6.61 Å². The van der Waals surface area contributed by atoms with Crippen molar-refractivity contribution in [2.24, 2.45) is 5.73 Å². The van der Waals surface area contributed by atoms with Crippen molar-refractivity contribution in [1.82, 2.24) is 4.90 Å². The molecule has 2 aromatic carbocycles. The predicted octanol–water partition coefficient (Wildman–Crippen LogP) is 2.22.